The summed E-state index contributed by atoms with van der Waals surface area (Å²) in [6.07, 6.45) is 0. The Morgan fingerprint density at radius 2 is 1.88 bits per heavy atom. The Balaban J connectivity index is 2.14. The molecule has 1 aromatic carbocycles. The van der Waals surface area contributed by atoms with Gasteiger partial charge in [0.05, 0.1) is 37.7 Å². The Bertz CT molecular complexity index is 1020. The topological polar surface area (TPSA) is 76.6 Å². The van der Waals surface area contributed by atoms with Gasteiger partial charge in [0.25, 0.3) is 5.56 Å². The highest BCUT2D eigenvalue weighted by Gasteiger charge is 2.20. The molecule has 0 radical (unpaired) electrons. The van der Waals surface area contributed by atoms with Gasteiger partial charge in [-0.3, -0.25) is 9.36 Å². The lowest BCUT2D eigenvalue weighted by Crippen LogP contribution is -2.39. The first-order valence-corrected chi connectivity index (χ1v) is 8.93. The molecular weight excluding hydrogens is 354 g/mol. The predicted molar refractivity (Wildman–Crippen MR) is 103 cm³/mol. The summed E-state index contributed by atoms with van der Waals surface area (Å²) in [5, 5.41) is 2.36. The van der Waals surface area contributed by atoms with E-state index in [4.69, 9.17) is 9.47 Å². The zero-order valence-electron chi connectivity index (χ0n) is 15.1. The number of methoxy groups -OCH3 is 2. The van der Waals surface area contributed by atoms with Crippen LogP contribution in [0.4, 0.5) is 0 Å². The SMILES string of the molecule is COc1cc2[nH]c(=O)n(C[C@H](c3cccs3)N(C)C)c(=O)c2cc1OC. The summed E-state index contributed by atoms with van der Waals surface area (Å²) in [4.78, 5) is 31.4. The number of benzene rings is 1. The van der Waals surface area contributed by atoms with E-state index in [-0.39, 0.29) is 18.1 Å². The number of fused-ring (bicyclic) bond motifs is 1. The van der Waals surface area contributed by atoms with Crippen molar-refractivity contribution in [1.29, 1.82) is 0 Å². The van der Waals surface area contributed by atoms with Crippen molar-refractivity contribution < 1.29 is 9.47 Å². The summed E-state index contributed by atoms with van der Waals surface area (Å²) < 4.78 is 11.7. The lowest BCUT2D eigenvalue weighted by atomic mass is 10.2. The Morgan fingerprint density at radius 3 is 2.46 bits per heavy atom. The second kappa shape index (κ2) is 7.35. The van der Waals surface area contributed by atoms with E-state index >= 15 is 0 Å². The zero-order valence-corrected chi connectivity index (χ0v) is 15.9. The van der Waals surface area contributed by atoms with Crippen molar-refractivity contribution in [2.75, 3.05) is 28.3 Å². The van der Waals surface area contributed by atoms with Gasteiger partial charge in [0.1, 0.15) is 0 Å². The first-order chi connectivity index (χ1) is 12.5. The highest BCUT2D eigenvalue weighted by atomic mass is 32.1. The third kappa shape index (κ3) is 3.25. The monoisotopic (exact) mass is 375 g/mol. The molecule has 2 aromatic heterocycles. The third-order valence-corrected chi connectivity index (χ3v) is 5.31. The smallest absolute Gasteiger partial charge is 0.328 e. The summed E-state index contributed by atoms with van der Waals surface area (Å²) in [5.74, 6) is 0.899. The van der Waals surface area contributed by atoms with Crippen LogP contribution in [0.25, 0.3) is 10.9 Å². The van der Waals surface area contributed by atoms with Crippen molar-refractivity contribution in [2.45, 2.75) is 12.6 Å². The molecule has 0 aliphatic carbocycles. The number of H-pyrrole nitrogens is 1. The first-order valence-electron chi connectivity index (χ1n) is 8.05. The largest absolute Gasteiger partial charge is 0.493 e. The molecule has 1 atom stereocenters. The quantitative estimate of drug-likeness (QED) is 0.714. The molecule has 3 rings (SSSR count). The maximum Gasteiger partial charge on any atom is 0.328 e. The van der Waals surface area contributed by atoms with Crippen LogP contribution in [0.2, 0.25) is 0 Å². The molecule has 0 spiro atoms. The molecule has 8 heteroatoms. The molecule has 0 saturated heterocycles. The van der Waals surface area contributed by atoms with E-state index in [1.807, 2.05) is 36.5 Å². The number of nitrogens with one attached hydrogen (secondary N) is 1. The van der Waals surface area contributed by atoms with Crippen molar-refractivity contribution in [3.63, 3.8) is 0 Å². The van der Waals surface area contributed by atoms with Gasteiger partial charge in [-0.15, -0.1) is 11.3 Å². The fourth-order valence-corrected chi connectivity index (χ4v) is 3.82. The van der Waals surface area contributed by atoms with Crippen LogP contribution < -0.4 is 20.7 Å². The maximum atomic E-state index is 13.0. The Hall–Kier alpha value is -2.58. The number of thiophene rings is 1. The van der Waals surface area contributed by atoms with Crippen molar-refractivity contribution in [3.05, 3.63) is 55.4 Å². The highest BCUT2D eigenvalue weighted by molar-refractivity contribution is 7.10. The Kier molecular flexibility index (Phi) is 5.15. The number of hydrogen-bond acceptors (Lipinski definition) is 6. The van der Waals surface area contributed by atoms with Crippen molar-refractivity contribution in [1.82, 2.24) is 14.5 Å². The number of ether oxygens (including phenoxy) is 2. The molecule has 0 saturated carbocycles. The molecule has 0 aliphatic rings. The first kappa shape index (κ1) is 18.2. The van der Waals surface area contributed by atoms with Crippen LogP contribution >= 0.6 is 11.3 Å². The number of nitrogens with zero attached hydrogens (tertiary/aromatic N) is 2. The predicted octanol–water partition coefficient (Wildman–Crippen LogP) is 2.07. The van der Waals surface area contributed by atoms with Crippen molar-refractivity contribution in [3.8, 4) is 11.5 Å². The average molecular weight is 375 g/mol. The minimum atomic E-state index is -0.446. The van der Waals surface area contributed by atoms with Crippen LogP contribution in [-0.4, -0.2) is 42.8 Å². The van der Waals surface area contributed by atoms with Gasteiger partial charge in [-0.05, 0) is 31.6 Å². The maximum absolute atomic E-state index is 13.0. The average Bonchev–Trinajstić information content (AvgIpc) is 3.14. The van der Waals surface area contributed by atoms with Gasteiger partial charge in [-0.1, -0.05) is 6.07 Å². The molecule has 1 N–H and O–H groups in total. The highest BCUT2D eigenvalue weighted by Crippen LogP contribution is 2.30. The second-order valence-corrected chi connectivity index (χ2v) is 7.07. The summed E-state index contributed by atoms with van der Waals surface area (Å²) >= 11 is 1.60. The summed E-state index contributed by atoms with van der Waals surface area (Å²) in [5.41, 5.74) is -0.377. The normalized spacial score (nSPS) is 12.5. The number of likely N-dealkylation sites (N-methyl/N-ethyl adjacent to an activating group) is 1. The summed E-state index contributed by atoms with van der Waals surface area (Å²) in [7, 11) is 6.87. The fourth-order valence-electron chi connectivity index (χ4n) is 2.91. The van der Waals surface area contributed by atoms with Gasteiger partial charge in [0.2, 0.25) is 0 Å². The number of hydrogen-bond donors (Lipinski definition) is 1. The van der Waals surface area contributed by atoms with Gasteiger partial charge >= 0.3 is 5.69 Å². The molecule has 26 heavy (non-hydrogen) atoms. The zero-order chi connectivity index (χ0) is 18.8. The number of rotatable bonds is 6. The standard InChI is InChI=1S/C18H21N3O4S/c1-20(2)13(16-6-5-7-26-16)10-21-17(22)11-8-14(24-3)15(25-4)9-12(11)19-18(21)23/h5-9,13H,10H2,1-4H3,(H,19,23)/t13-/m1/s1. The Morgan fingerprint density at radius 1 is 1.19 bits per heavy atom. The molecule has 3 aromatic rings. The van der Waals surface area contributed by atoms with Crippen LogP contribution in [0.1, 0.15) is 10.9 Å². The van der Waals surface area contributed by atoms with Crippen LogP contribution in [0, 0.1) is 0 Å². The molecular formula is C18H21N3O4S. The lowest BCUT2D eigenvalue weighted by Gasteiger charge is -2.23. The van der Waals surface area contributed by atoms with Gasteiger partial charge in [0.15, 0.2) is 11.5 Å². The van der Waals surface area contributed by atoms with Crippen LogP contribution in [-0.2, 0) is 6.54 Å². The van der Waals surface area contributed by atoms with E-state index in [1.165, 1.54) is 18.8 Å². The summed E-state index contributed by atoms with van der Waals surface area (Å²) in [6.45, 7) is 0.256. The van der Waals surface area contributed by atoms with E-state index in [0.29, 0.717) is 22.4 Å². The fraction of sp³-hybridized carbons (Fsp3) is 0.333. The van der Waals surface area contributed by atoms with E-state index in [0.717, 1.165) is 4.88 Å². The number of aromatic amines is 1. The van der Waals surface area contributed by atoms with Crippen molar-refractivity contribution in [2.24, 2.45) is 0 Å². The second-order valence-electron chi connectivity index (χ2n) is 6.09. The Labute approximate surface area is 154 Å². The summed E-state index contributed by atoms with van der Waals surface area (Å²) in [6, 6.07) is 7.08. The van der Waals surface area contributed by atoms with Crippen molar-refractivity contribution >= 4 is 22.2 Å². The van der Waals surface area contributed by atoms with Gasteiger partial charge in [0, 0.05) is 10.9 Å². The van der Waals surface area contributed by atoms with Crippen LogP contribution in [0.5, 0.6) is 11.5 Å². The molecule has 2 heterocycles. The lowest BCUT2D eigenvalue weighted by molar-refractivity contribution is 0.268. The van der Waals surface area contributed by atoms with Gasteiger partial charge in [-0.2, -0.15) is 0 Å². The van der Waals surface area contributed by atoms with Gasteiger partial charge in [-0.25, -0.2) is 4.79 Å². The molecule has 0 aliphatic heterocycles. The minimum absolute atomic E-state index is 0.0774. The van der Waals surface area contributed by atoms with Crippen LogP contribution in [0.3, 0.4) is 0 Å². The van der Waals surface area contributed by atoms with E-state index in [1.54, 1.807) is 23.5 Å². The third-order valence-electron chi connectivity index (χ3n) is 4.34. The van der Waals surface area contributed by atoms with Gasteiger partial charge < -0.3 is 19.4 Å². The molecule has 0 amide bonds. The minimum Gasteiger partial charge on any atom is -0.493 e. The molecule has 0 unspecified atom stereocenters. The van der Waals surface area contributed by atoms with E-state index < -0.39 is 5.69 Å². The van der Waals surface area contributed by atoms with E-state index in [9.17, 15) is 9.59 Å². The molecule has 7 nitrogen and oxygen atoms in total. The number of aromatic nitrogens is 2. The molecule has 0 bridgehead atoms. The molecule has 138 valence electrons. The van der Waals surface area contributed by atoms with Crippen LogP contribution in [0.15, 0.2) is 39.2 Å². The molecule has 0 fully saturated rings. The van der Waals surface area contributed by atoms with E-state index in [2.05, 4.69) is 4.98 Å².